The number of hydrogen-bond acceptors (Lipinski definition) is 4. The number of fused-ring (bicyclic) bond motifs is 1. The predicted molar refractivity (Wildman–Crippen MR) is 127 cm³/mol. The van der Waals surface area contributed by atoms with Crippen molar-refractivity contribution < 1.29 is 15.3 Å². The van der Waals surface area contributed by atoms with Crippen LogP contribution in [-0.2, 0) is 0 Å². The minimum absolute atomic E-state index is 0.234. The number of rotatable bonds is 6. The van der Waals surface area contributed by atoms with Gasteiger partial charge < -0.3 is 15.3 Å². The Kier molecular flexibility index (Phi) is 7.55. The molecule has 4 heteroatoms. The molecule has 3 nitrogen and oxygen atoms in total. The molecule has 0 aromatic rings. The van der Waals surface area contributed by atoms with Gasteiger partial charge in [0.05, 0.1) is 17.8 Å². The largest absolute Gasteiger partial charge is 0.393 e. The summed E-state index contributed by atoms with van der Waals surface area (Å²) in [6, 6.07) is 0. The molecule has 166 valence electrons. The normalized spacial score (nSPS) is 35.3. The Morgan fingerprint density at radius 3 is 2.80 bits per heavy atom. The van der Waals surface area contributed by atoms with Crippen molar-refractivity contribution in [3.05, 3.63) is 59.3 Å². The fourth-order valence-corrected chi connectivity index (χ4v) is 6.19. The summed E-state index contributed by atoms with van der Waals surface area (Å²) < 4.78 is 0. The van der Waals surface area contributed by atoms with Crippen LogP contribution in [0.5, 0.6) is 0 Å². The van der Waals surface area contributed by atoms with Crippen molar-refractivity contribution in [3.63, 3.8) is 0 Å². The first-order valence-corrected chi connectivity index (χ1v) is 12.4. The van der Waals surface area contributed by atoms with Gasteiger partial charge >= 0.3 is 0 Å². The van der Waals surface area contributed by atoms with E-state index in [2.05, 4.69) is 37.8 Å². The molecule has 3 rings (SSSR count). The van der Waals surface area contributed by atoms with E-state index in [1.54, 1.807) is 19.4 Å². The average molecular weight is 431 g/mol. The van der Waals surface area contributed by atoms with E-state index in [0.29, 0.717) is 18.8 Å². The smallest absolute Gasteiger partial charge is 0.0811 e. The molecule has 0 amide bonds. The van der Waals surface area contributed by atoms with Gasteiger partial charge in [-0.15, -0.1) is 0 Å². The Bertz CT molecular complexity index is 768. The van der Waals surface area contributed by atoms with Crippen molar-refractivity contribution in [2.24, 2.45) is 11.3 Å². The van der Waals surface area contributed by atoms with E-state index in [0.717, 1.165) is 35.5 Å². The molecule has 3 aliphatic rings. The van der Waals surface area contributed by atoms with Gasteiger partial charge in [-0.25, -0.2) is 0 Å². The first kappa shape index (κ1) is 23.6. The lowest BCUT2D eigenvalue weighted by Gasteiger charge is -2.41. The van der Waals surface area contributed by atoms with Gasteiger partial charge in [0.25, 0.3) is 0 Å². The molecule has 0 heterocycles. The maximum atomic E-state index is 10.1. The maximum absolute atomic E-state index is 10.1. The van der Waals surface area contributed by atoms with Gasteiger partial charge in [-0.2, -0.15) is 11.8 Å². The molecule has 3 aliphatic carbocycles. The van der Waals surface area contributed by atoms with Crippen molar-refractivity contribution in [1.29, 1.82) is 0 Å². The van der Waals surface area contributed by atoms with Crippen molar-refractivity contribution in [3.8, 4) is 0 Å². The van der Waals surface area contributed by atoms with Crippen LogP contribution in [-0.4, -0.2) is 44.6 Å². The molecule has 0 radical (unpaired) electrons. The molecule has 4 atom stereocenters. The highest BCUT2D eigenvalue weighted by Crippen LogP contribution is 2.55. The number of hydrogen-bond donors (Lipinski definition) is 3. The van der Waals surface area contributed by atoms with Crippen LogP contribution in [0.3, 0.4) is 0 Å². The zero-order valence-corrected chi connectivity index (χ0v) is 19.5. The quantitative estimate of drug-likeness (QED) is 0.405. The lowest BCUT2D eigenvalue weighted by atomic mass is 9.64. The second-order valence-electron chi connectivity index (χ2n) is 9.93. The monoisotopic (exact) mass is 430 g/mol. The second-order valence-corrected chi connectivity index (χ2v) is 11.0. The fraction of sp³-hybridized carbons (Fsp3) is 0.615. The van der Waals surface area contributed by atoms with Gasteiger partial charge in [0, 0.05) is 17.9 Å². The van der Waals surface area contributed by atoms with Gasteiger partial charge in [0.15, 0.2) is 0 Å². The Morgan fingerprint density at radius 1 is 1.30 bits per heavy atom. The van der Waals surface area contributed by atoms with Crippen LogP contribution in [0.25, 0.3) is 0 Å². The summed E-state index contributed by atoms with van der Waals surface area (Å²) in [5.74, 6) is 2.52. The topological polar surface area (TPSA) is 60.7 Å². The van der Waals surface area contributed by atoms with Gasteiger partial charge in [0.1, 0.15) is 0 Å². The van der Waals surface area contributed by atoms with Gasteiger partial charge in [0.2, 0.25) is 0 Å². The van der Waals surface area contributed by atoms with E-state index >= 15 is 0 Å². The molecule has 0 aliphatic heterocycles. The van der Waals surface area contributed by atoms with Crippen LogP contribution in [0.4, 0.5) is 0 Å². The fourth-order valence-electron chi connectivity index (χ4n) is 5.17. The van der Waals surface area contributed by atoms with E-state index in [-0.39, 0.29) is 5.41 Å². The Morgan fingerprint density at radius 2 is 2.07 bits per heavy atom. The third-order valence-electron chi connectivity index (χ3n) is 6.97. The molecule has 0 spiro atoms. The third-order valence-corrected chi connectivity index (χ3v) is 7.92. The highest BCUT2D eigenvalue weighted by atomic mass is 32.2. The van der Waals surface area contributed by atoms with Crippen molar-refractivity contribution in [2.75, 3.05) is 11.5 Å². The summed E-state index contributed by atoms with van der Waals surface area (Å²) in [5, 5.41) is 29.9. The molecule has 0 saturated heterocycles. The summed E-state index contributed by atoms with van der Waals surface area (Å²) in [6.45, 7) is 10.1. The molecule has 0 aromatic heterocycles. The van der Waals surface area contributed by atoms with Crippen LogP contribution in [0.2, 0.25) is 0 Å². The van der Waals surface area contributed by atoms with Crippen molar-refractivity contribution in [1.82, 2.24) is 0 Å². The van der Waals surface area contributed by atoms with Gasteiger partial charge in [-0.05, 0) is 68.4 Å². The number of aliphatic hydroxyl groups excluding tert-OH is 2. The lowest BCUT2D eigenvalue weighted by Crippen LogP contribution is -2.31. The van der Waals surface area contributed by atoms with Gasteiger partial charge in [-0.1, -0.05) is 55.0 Å². The molecule has 3 N–H and O–H groups in total. The molecule has 30 heavy (non-hydrogen) atoms. The molecular formula is C26H38O3S. The van der Waals surface area contributed by atoms with Crippen LogP contribution < -0.4 is 0 Å². The van der Waals surface area contributed by atoms with Crippen LogP contribution in [0.15, 0.2) is 59.3 Å². The zero-order valence-electron chi connectivity index (χ0n) is 18.7. The van der Waals surface area contributed by atoms with E-state index < -0.39 is 17.8 Å². The average Bonchev–Trinajstić information content (AvgIpc) is 2.99. The Balaban J connectivity index is 1.65. The first-order chi connectivity index (χ1) is 14.1. The second kappa shape index (κ2) is 9.60. The number of aliphatic hydroxyl groups is 3. The van der Waals surface area contributed by atoms with E-state index in [1.165, 1.54) is 18.4 Å². The Labute approximate surface area is 186 Å². The SMILES string of the molecule is C=C1C(=CC=C2CCC[C@]3(C)C(CSCC=CC(C)(C)O)=CC[C@@H]23)C[C@@H](O)C[C@@H]1O. The number of allylic oxidation sites excluding steroid dienone is 4. The zero-order chi connectivity index (χ0) is 21.9. The highest BCUT2D eigenvalue weighted by Gasteiger charge is 2.44. The minimum atomic E-state index is -0.739. The molecule has 0 aromatic carbocycles. The van der Waals surface area contributed by atoms with Crippen molar-refractivity contribution in [2.45, 2.75) is 77.1 Å². The van der Waals surface area contributed by atoms with Crippen LogP contribution >= 0.6 is 11.8 Å². The van der Waals surface area contributed by atoms with Crippen LogP contribution in [0.1, 0.15) is 59.3 Å². The first-order valence-electron chi connectivity index (χ1n) is 11.2. The summed E-state index contributed by atoms with van der Waals surface area (Å²) in [4.78, 5) is 0. The minimum Gasteiger partial charge on any atom is -0.393 e. The van der Waals surface area contributed by atoms with E-state index in [4.69, 9.17) is 0 Å². The summed E-state index contributed by atoms with van der Waals surface area (Å²) in [6.07, 6.45) is 15.3. The molecule has 0 unspecified atom stereocenters. The molecule has 0 bridgehead atoms. The summed E-state index contributed by atoms with van der Waals surface area (Å²) in [5.41, 5.74) is 4.31. The summed E-state index contributed by atoms with van der Waals surface area (Å²) >= 11 is 1.92. The van der Waals surface area contributed by atoms with E-state index in [1.807, 2.05) is 17.8 Å². The summed E-state index contributed by atoms with van der Waals surface area (Å²) in [7, 11) is 0. The molecular weight excluding hydrogens is 392 g/mol. The lowest BCUT2D eigenvalue weighted by molar-refractivity contribution is 0.0862. The van der Waals surface area contributed by atoms with Crippen molar-refractivity contribution >= 4 is 11.8 Å². The number of thioether (sulfide) groups is 1. The third kappa shape index (κ3) is 5.59. The predicted octanol–water partition coefficient (Wildman–Crippen LogP) is 5.11. The maximum Gasteiger partial charge on any atom is 0.0811 e. The molecule has 2 saturated carbocycles. The highest BCUT2D eigenvalue weighted by molar-refractivity contribution is 7.99. The van der Waals surface area contributed by atoms with E-state index in [9.17, 15) is 15.3 Å². The van der Waals surface area contributed by atoms with Gasteiger partial charge in [-0.3, -0.25) is 0 Å². The standard InChI is InChI=1S/C26H38O3S/c1-18-20(15-22(27)16-24(18)28)9-8-19-7-5-13-26(4)21(10-11-23(19)26)17-30-14-6-12-25(2,3)29/h6,8-10,12,22-24,27-29H,1,5,7,11,13-17H2,2-4H3/t22-,23+,24+,26-/m1/s1. The Hall–Kier alpha value is -1.07. The van der Waals surface area contributed by atoms with Crippen LogP contribution in [0, 0.1) is 11.3 Å². The molecule has 2 fully saturated rings.